The topological polar surface area (TPSA) is 26.3 Å². The van der Waals surface area contributed by atoms with E-state index in [2.05, 4.69) is 78.8 Å². The molecule has 4 aliphatic rings. The first-order valence-electron chi connectivity index (χ1n) is 24.3. The molecule has 0 heterocycles. The summed E-state index contributed by atoms with van der Waals surface area (Å²) in [4.78, 5) is 12.9. The number of esters is 1. The molecule has 0 saturated heterocycles. The highest BCUT2D eigenvalue weighted by Crippen LogP contribution is 2.67. The molecule has 0 aromatic rings. The van der Waals surface area contributed by atoms with Crippen molar-refractivity contribution in [1.29, 1.82) is 0 Å². The van der Waals surface area contributed by atoms with Gasteiger partial charge in [0.25, 0.3) is 0 Å². The van der Waals surface area contributed by atoms with Crippen LogP contribution in [0.2, 0.25) is 0 Å². The first kappa shape index (κ1) is 45.4. The molecule has 9 atom stereocenters. The van der Waals surface area contributed by atoms with Crippen LogP contribution in [0.3, 0.4) is 0 Å². The molecular weight excluding hydrogens is 657 g/mol. The molecule has 54 heavy (non-hydrogen) atoms. The third-order valence-electron chi connectivity index (χ3n) is 16.2. The fraction of sp³-hybridized carbons (Fsp3) is 0.865. The van der Waals surface area contributed by atoms with Gasteiger partial charge >= 0.3 is 5.97 Å². The van der Waals surface area contributed by atoms with Crippen molar-refractivity contribution in [2.24, 2.45) is 52.3 Å². The molecule has 0 aliphatic heterocycles. The molecule has 310 valence electrons. The zero-order valence-electron chi connectivity index (χ0n) is 37.1. The van der Waals surface area contributed by atoms with Gasteiger partial charge in [-0.25, -0.2) is 0 Å². The summed E-state index contributed by atoms with van der Waals surface area (Å²) in [5.41, 5.74) is 2.51. The lowest BCUT2D eigenvalue weighted by Crippen LogP contribution is -2.51. The van der Waals surface area contributed by atoms with Crippen LogP contribution in [0.1, 0.15) is 228 Å². The Hall–Kier alpha value is -1.31. The molecule has 0 spiro atoms. The Labute approximate surface area is 337 Å². The van der Waals surface area contributed by atoms with Gasteiger partial charge in [0.1, 0.15) is 6.10 Å². The van der Waals surface area contributed by atoms with Gasteiger partial charge in [0.05, 0.1) is 0 Å². The Balaban J connectivity index is 1.03. The lowest BCUT2D eigenvalue weighted by molar-refractivity contribution is -0.151. The van der Waals surface area contributed by atoms with Crippen molar-refractivity contribution < 1.29 is 9.53 Å². The van der Waals surface area contributed by atoms with Gasteiger partial charge in [-0.1, -0.05) is 168 Å². The maximum absolute atomic E-state index is 12.9. The number of ether oxygens (including phenoxy) is 1. The van der Waals surface area contributed by atoms with Crippen molar-refractivity contribution in [2.75, 3.05) is 0 Å². The number of hydrogen-bond acceptors (Lipinski definition) is 2. The average molecular weight is 747 g/mol. The number of carbonyl (C=O) groups is 1. The average Bonchev–Trinajstić information content (AvgIpc) is 3.51. The van der Waals surface area contributed by atoms with E-state index in [1.807, 2.05) is 0 Å². The highest BCUT2D eigenvalue weighted by atomic mass is 16.5. The normalized spacial score (nSPS) is 30.7. The maximum atomic E-state index is 12.9. The molecule has 0 N–H and O–H groups in total. The van der Waals surface area contributed by atoms with Gasteiger partial charge in [0, 0.05) is 12.8 Å². The second kappa shape index (κ2) is 23.8. The van der Waals surface area contributed by atoms with Crippen LogP contribution in [0.5, 0.6) is 0 Å². The van der Waals surface area contributed by atoms with Crippen molar-refractivity contribution in [3.05, 3.63) is 36.0 Å². The smallest absolute Gasteiger partial charge is 0.306 e. The van der Waals surface area contributed by atoms with Gasteiger partial charge in [0.2, 0.25) is 0 Å². The summed E-state index contributed by atoms with van der Waals surface area (Å²) in [6, 6.07) is 0. The van der Waals surface area contributed by atoms with Gasteiger partial charge < -0.3 is 4.74 Å². The van der Waals surface area contributed by atoms with E-state index in [0.717, 1.165) is 67.1 Å². The molecule has 0 bridgehead atoms. The number of fused-ring (bicyclic) bond motifs is 5. The van der Waals surface area contributed by atoms with Crippen molar-refractivity contribution >= 4 is 5.97 Å². The summed E-state index contributed by atoms with van der Waals surface area (Å²) in [6.07, 6.45) is 47.9. The first-order chi connectivity index (χ1) is 26.1. The molecular formula is C52H90O2. The third kappa shape index (κ3) is 13.4. The predicted octanol–water partition coefficient (Wildman–Crippen LogP) is 16.3. The quantitative estimate of drug-likeness (QED) is 0.0500. The van der Waals surface area contributed by atoms with E-state index in [9.17, 15) is 4.79 Å². The van der Waals surface area contributed by atoms with Crippen molar-refractivity contribution in [3.63, 3.8) is 0 Å². The molecule has 4 rings (SSSR count). The Kier molecular flexibility index (Phi) is 20.0. The first-order valence-corrected chi connectivity index (χ1v) is 24.3. The summed E-state index contributed by atoms with van der Waals surface area (Å²) in [6.45, 7) is 17.4. The van der Waals surface area contributed by atoms with Crippen LogP contribution in [-0.4, -0.2) is 12.1 Å². The summed E-state index contributed by atoms with van der Waals surface area (Å²) in [5.74, 6) is 6.08. The largest absolute Gasteiger partial charge is 0.462 e. The number of carbonyl (C=O) groups excluding carboxylic acids is 1. The van der Waals surface area contributed by atoms with Gasteiger partial charge in [-0.05, 0) is 136 Å². The second-order valence-corrected chi connectivity index (χ2v) is 20.2. The van der Waals surface area contributed by atoms with E-state index in [-0.39, 0.29) is 12.1 Å². The minimum atomic E-state index is 0.0605. The zero-order valence-corrected chi connectivity index (χ0v) is 37.1. The molecule has 2 nitrogen and oxygen atoms in total. The lowest BCUT2D eigenvalue weighted by atomic mass is 9.47. The third-order valence-corrected chi connectivity index (χ3v) is 16.2. The van der Waals surface area contributed by atoms with Gasteiger partial charge in [-0.15, -0.1) is 0 Å². The maximum Gasteiger partial charge on any atom is 0.306 e. The van der Waals surface area contributed by atoms with E-state index < -0.39 is 0 Å². The van der Waals surface area contributed by atoms with Crippen LogP contribution >= 0.6 is 0 Å². The van der Waals surface area contributed by atoms with Crippen molar-refractivity contribution in [3.8, 4) is 0 Å². The van der Waals surface area contributed by atoms with Gasteiger partial charge in [0.15, 0.2) is 0 Å². The molecule has 3 fully saturated rings. The summed E-state index contributed by atoms with van der Waals surface area (Å²) in [7, 11) is 0. The molecule has 0 aromatic heterocycles. The Morgan fingerprint density at radius 1 is 0.741 bits per heavy atom. The number of unbranched alkanes of at least 4 members (excludes halogenated alkanes) is 14. The van der Waals surface area contributed by atoms with E-state index in [1.165, 1.54) is 148 Å². The monoisotopic (exact) mass is 747 g/mol. The molecule has 0 radical (unpaired) electrons. The van der Waals surface area contributed by atoms with Crippen LogP contribution in [0, 0.1) is 52.3 Å². The minimum Gasteiger partial charge on any atom is -0.462 e. The van der Waals surface area contributed by atoms with Gasteiger partial charge in [-0.3, -0.25) is 4.79 Å². The van der Waals surface area contributed by atoms with Crippen LogP contribution < -0.4 is 0 Å². The van der Waals surface area contributed by atoms with Crippen LogP contribution in [0.25, 0.3) is 0 Å². The number of hydrogen-bond donors (Lipinski definition) is 0. The standard InChI is InChI=1S/C52H90O2/c1-8-9-10-11-12-13-14-15-16-17-18-19-20-21-22-23-24-25-26-27-28-29-50(53)54-45-36-38-51(6)44(40-45)32-33-46-48-35-34-47(52(48,7)39-37-49(46)51)43(5)31-30-42(4)41(2)3/h12-13,15-16,32,41-43,45-49H,8-11,14,17-31,33-40H2,1-7H3/b13-12-,16-15-. The van der Waals surface area contributed by atoms with Crippen LogP contribution in [0.4, 0.5) is 0 Å². The second-order valence-electron chi connectivity index (χ2n) is 20.2. The number of rotatable bonds is 26. The molecule has 9 unspecified atom stereocenters. The molecule has 3 saturated carbocycles. The van der Waals surface area contributed by atoms with Crippen LogP contribution in [-0.2, 0) is 9.53 Å². The SMILES string of the molecule is CCCCC/C=C\C/C=C\CCCCCCCCCCCCCC(=O)OC1CCC2(C)C(=CCC3C2CCC2(C)C(C(C)CCC(C)C(C)C)CCC32)C1. The Bertz CT molecular complexity index is 1150. The molecule has 0 aromatic carbocycles. The van der Waals surface area contributed by atoms with E-state index >= 15 is 0 Å². The fourth-order valence-electron chi connectivity index (χ4n) is 12.1. The zero-order chi connectivity index (χ0) is 38.8. The van der Waals surface area contributed by atoms with Gasteiger partial charge in [-0.2, -0.15) is 0 Å². The molecule has 0 amide bonds. The molecule has 2 heteroatoms. The van der Waals surface area contributed by atoms with Crippen LogP contribution in [0.15, 0.2) is 36.0 Å². The predicted molar refractivity (Wildman–Crippen MR) is 235 cm³/mol. The van der Waals surface area contributed by atoms with Crippen molar-refractivity contribution in [1.82, 2.24) is 0 Å². The summed E-state index contributed by atoms with van der Waals surface area (Å²) < 4.78 is 6.16. The highest BCUT2D eigenvalue weighted by Gasteiger charge is 2.59. The summed E-state index contributed by atoms with van der Waals surface area (Å²) >= 11 is 0. The summed E-state index contributed by atoms with van der Waals surface area (Å²) in [5, 5.41) is 0. The lowest BCUT2D eigenvalue weighted by Gasteiger charge is -2.58. The van der Waals surface area contributed by atoms with E-state index in [4.69, 9.17) is 4.74 Å². The Morgan fingerprint density at radius 3 is 2.02 bits per heavy atom. The molecule has 4 aliphatic carbocycles. The minimum absolute atomic E-state index is 0.0605. The highest BCUT2D eigenvalue weighted by molar-refractivity contribution is 5.69. The number of allylic oxidation sites excluding steroid dienone is 5. The fourth-order valence-corrected chi connectivity index (χ4v) is 12.1. The van der Waals surface area contributed by atoms with E-state index in [1.54, 1.807) is 5.57 Å². The van der Waals surface area contributed by atoms with E-state index in [0.29, 0.717) is 17.3 Å². The van der Waals surface area contributed by atoms with Crippen molar-refractivity contribution in [2.45, 2.75) is 234 Å². The Morgan fingerprint density at radius 2 is 1.37 bits per heavy atom.